The van der Waals surface area contributed by atoms with E-state index >= 15 is 0 Å². The second kappa shape index (κ2) is 6.55. The normalized spacial score (nSPS) is 16.4. The van der Waals surface area contributed by atoms with E-state index in [-0.39, 0.29) is 0 Å². The summed E-state index contributed by atoms with van der Waals surface area (Å²) in [5.74, 6) is 0. The van der Waals surface area contributed by atoms with Crippen molar-refractivity contribution in [3.63, 3.8) is 0 Å². The fraction of sp³-hybridized carbons (Fsp3) is 0.312. The van der Waals surface area contributed by atoms with Gasteiger partial charge in [0.25, 0.3) is 0 Å². The van der Waals surface area contributed by atoms with Crippen LogP contribution in [0, 0.1) is 0 Å². The van der Waals surface area contributed by atoms with Crippen LogP contribution in [-0.4, -0.2) is 50.7 Å². The Morgan fingerprint density at radius 3 is 2.91 bits per heavy atom. The average molecular weight is 442 g/mol. The van der Waals surface area contributed by atoms with Crippen molar-refractivity contribution in [1.29, 1.82) is 0 Å². The van der Waals surface area contributed by atoms with Crippen LogP contribution in [0.1, 0.15) is 4.44 Å². The van der Waals surface area contributed by atoms with Crippen LogP contribution in [-0.2, 0) is 11.3 Å². The van der Waals surface area contributed by atoms with Crippen LogP contribution in [0.4, 0.5) is 0 Å². The minimum absolute atomic E-state index is 0.435. The molecule has 0 bridgehead atoms. The molecule has 0 atom stereocenters. The molecule has 22 heavy (non-hydrogen) atoms. The summed E-state index contributed by atoms with van der Waals surface area (Å²) in [5.41, 5.74) is 1.08. The summed E-state index contributed by atoms with van der Waals surface area (Å²) in [5, 5.41) is 1.38. The van der Waals surface area contributed by atoms with Crippen molar-refractivity contribution in [2.24, 2.45) is 0 Å². The molecule has 0 N–H and O–H groups in total. The molecule has 3 aromatic rings. The third-order valence-corrected chi connectivity index (χ3v) is 9.26. The Balaban J connectivity index is 1.63. The Bertz CT molecular complexity index is 780. The number of fused-ring (bicyclic) bond motifs is 1. The number of rotatable bonds is 3. The van der Waals surface area contributed by atoms with E-state index in [0.717, 1.165) is 38.5 Å². The van der Waals surface area contributed by atoms with Crippen molar-refractivity contribution in [3.8, 4) is 10.6 Å². The molecular formula is C16H15BrN2OSSe. The molecule has 0 saturated carbocycles. The Hall–Kier alpha value is -0.491. The van der Waals surface area contributed by atoms with Crippen molar-refractivity contribution < 1.29 is 4.74 Å². The van der Waals surface area contributed by atoms with Gasteiger partial charge in [-0.15, -0.1) is 0 Å². The molecule has 4 rings (SSSR count). The zero-order valence-corrected chi connectivity index (χ0v) is 16.0. The number of pyridine rings is 1. The molecule has 3 aromatic heterocycles. The first-order valence-corrected chi connectivity index (χ1v) is 10.6. The minimum atomic E-state index is 0.435. The van der Waals surface area contributed by atoms with E-state index in [9.17, 15) is 0 Å². The van der Waals surface area contributed by atoms with Crippen molar-refractivity contribution in [3.05, 3.63) is 39.4 Å². The fourth-order valence-electron chi connectivity index (χ4n) is 2.61. The molecule has 3 nitrogen and oxygen atoms in total. The summed E-state index contributed by atoms with van der Waals surface area (Å²) in [7, 11) is 0. The van der Waals surface area contributed by atoms with Crippen molar-refractivity contribution in [2.45, 2.75) is 6.54 Å². The number of halogens is 1. The maximum atomic E-state index is 5.43. The van der Waals surface area contributed by atoms with Crippen LogP contribution in [0.3, 0.4) is 0 Å². The van der Waals surface area contributed by atoms with Gasteiger partial charge in [-0.1, -0.05) is 0 Å². The van der Waals surface area contributed by atoms with Crippen LogP contribution >= 0.6 is 27.3 Å². The molecule has 0 aromatic carbocycles. The van der Waals surface area contributed by atoms with Gasteiger partial charge in [0.1, 0.15) is 0 Å². The van der Waals surface area contributed by atoms with E-state index in [1.54, 1.807) is 4.44 Å². The van der Waals surface area contributed by atoms with Gasteiger partial charge in [0.2, 0.25) is 0 Å². The summed E-state index contributed by atoms with van der Waals surface area (Å²) >= 11 is 6.17. The van der Waals surface area contributed by atoms with Crippen LogP contribution in [0.5, 0.6) is 0 Å². The summed E-state index contributed by atoms with van der Waals surface area (Å²) < 4.78 is 9.82. The number of thiophene rings is 1. The Kier molecular flexibility index (Phi) is 4.49. The molecule has 4 heterocycles. The van der Waals surface area contributed by atoms with E-state index in [1.807, 2.05) is 29.7 Å². The molecule has 1 fully saturated rings. The van der Waals surface area contributed by atoms with Crippen LogP contribution in [0.15, 0.2) is 34.9 Å². The van der Waals surface area contributed by atoms with E-state index in [1.165, 1.54) is 18.3 Å². The molecule has 1 saturated heterocycles. The quantitative estimate of drug-likeness (QED) is 0.580. The monoisotopic (exact) mass is 442 g/mol. The van der Waals surface area contributed by atoms with E-state index < -0.39 is 0 Å². The molecule has 6 heteroatoms. The third-order valence-electron chi connectivity index (χ3n) is 3.78. The molecule has 0 amide bonds. The number of hydrogen-bond donors (Lipinski definition) is 0. The summed E-state index contributed by atoms with van der Waals surface area (Å²) in [6, 6.07) is 8.39. The van der Waals surface area contributed by atoms with Crippen LogP contribution in [0.25, 0.3) is 19.5 Å². The molecule has 0 spiro atoms. The SMILES string of the molecule is Brc1c(CN2CCOCC2)[se]c2sc(-c3ccccn3)cc12. The van der Waals surface area contributed by atoms with Gasteiger partial charge < -0.3 is 0 Å². The molecule has 1 aliphatic heterocycles. The second-order valence-corrected chi connectivity index (χ2v) is 10.0. The summed E-state index contributed by atoms with van der Waals surface area (Å²) in [4.78, 5) is 8.23. The zero-order valence-electron chi connectivity index (χ0n) is 11.9. The van der Waals surface area contributed by atoms with Gasteiger partial charge in [-0.25, -0.2) is 0 Å². The van der Waals surface area contributed by atoms with Gasteiger partial charge in [-0.2, -0.15) is 0 Å². The topological polar surface area (TPSA) is 25.4 Å². The Morgan fingerprint density at radius 2 is 2.18 bits per heavy atom. The predicted molar refractivity (Wildman–Crippen MR) is 95.8 cm³/mol. The van der Waals surface area contributed by atoms with Crippen molar-refractivity contribution >= 4 is 50.7 Å². The first-order valence-electron chi connectivity index (χ1n) is 7.23. The fourth-order valence-corrected chi connectivity index (χ4v) is 8.13. The summed E-state index contributed by atoms with van der Waals surface area (Å²) in [6.45, 7) is 4.90. The van der Waals surface area contributed by atoms with Crippen LogP contribution < -0.4 is 0 Å². The maximum absolute atomic E-state index is 5.43. The van der Waals surface area contributed by atoms with Gasteiger partial charge in [-0.3, -0.25) is 0 Å². The number of nitrogens with zero attached hydrogens (tertiary/aromatic N) is 2. The molecule has 0 unspecified atom stereocenters. The summed E-state index contributed by atoms with van der Waals surface area (Å²) in [6.07, 6.45) is 1.86. The number of aromatic nitrogens is 1. The number of ether oxygens (including phenoxy) is 1. The van der Waals surface area contributed by atoms with Gasteiger partial charge >= 0.3 is 148 Å². The first-order chi connectivity index (χ1) is 10.8. The number of morpholine rings is 1. The van der Waals surface area contributed by atoms with Crippen molar-refractivity contribution in [2.75, 3.05) is 26.3 Å². The van der Waals surface area contributed by atoms with Crippen molar-refractivity contribution in [1.82, 2.24) is 9.88 Å². The van der Waals surface area contributed by atoms with Gasteiger partial charge in [0.15, 0.2) is 0 Å². The molecule has 114 valence electrons. The first kappa shape index (κ1) is 15.1. The molecule has 0 aliphatic carbocycles. The standard InChI is InChI=1S/C16H15BrN2OSSe/c17-15-11-9-13(12-3-1-2-4-18-12)21-16(11)22-14(15)10-19-5-7-20-8-6-19/h1-4,9H,5-8,10H2. The zero-order chi connectivity index (χ0) is 14.9. The van der Waals surface area contributed by atoms with E-state index in [4.69, 9.17) is 4.74 Å². The predicted octanol–water partition coefficient (Wildman–Crippen LogP) is 3.62. The van der Waals surface area contributed by atoms with Gasteiger partial charge in [-0.05, 0) is 0 Å². The van der Waals surface area contributed by atoms with Crippen LogP contribution in [0.2, 0.25) is 0 Å². The average Bonchev–Trinajstić information content (AvgIpc) is 3.10. The Morgan fingerprint density at radius 1 is 1.32 bits per heavy atom. The Labute approximate surface area is 147 Å². The number of hydrogen-bond acceptors (Lipinski definition) is 4. The van der Waals surface area contributed by atoms with E-state index in [0.29, 0.717) is 14.5 Å². The second-order valence-electron chi connectivity index (χ2n) is 5.25. The third kappa shape index (κ3) is 2.96. The van der Waals surface area contributed by atoms with Gasteiger partial charge in [0, 0.05) is 0 Å². The van der Waals surface area contributed by atoms with E-state index in [2.05, 4.69) is 37.9 Å². The van der Waals surface area contributed by atoms with Gasteiger partial charge in [0.05, 0.1) is 0 Å². The molecule has 0 radical (unpaired) electrons. The molecule has 1 aliphatic rings. The molecular weight excluding hydrogens is 427 g/mol.